The van der Waals surface area contributed by atoms with Crippen LogP contribution >= 0.6 is 0 Å². The summed E-state index contributed by atoms with van der Waals surface area (Å²) in [4.78, 5) is 22.2. The third kappa shape index (κ3) is 2.30. The highest BCUT2D eigenvalue weighted by atomic mass is 16.6. The van der Waals surface area contributed by atoms with Crippen molar-refractivity contribution in [2.24, 2.45) is 11.7 Å². The molecule has 6 heteroatoms. The summed E-state index contributed by atoms with van der Waals surface area (Å²) in [5.41, 5.74) is 3.37. The van der Waals surface area contributed by atoms with Gasteiger partial charge in [-0.05, 0) is 6.92 Å². The number of rotatable bonds is 5. The van der Waals surface area contributed by atoms with Crippen molar-refractivity contribution in [3.05, 3.63) is 46.0 Å². The average Bonchev–Trinajstić information content (AvgIpc) is 2.35. The molecule has 0 aliphatic carbocycles. The Labute approximate surface area is 104 Å². The first-order valence-electron chi connectivity index (χ1n) is 5.34. The van der Waals surface area contributed by atoms with Gasteiger partial charge in [-0.1, -0.05) is 30.3 Å². The van der Waals surface area contributed by atoms with E-state index in [1.807, 2.05) is 6.07 Å². The normalized spacial score (nSPS) is 15.1. The number of nitrogens with zero attached hydrogens (tertiary/aromatic N) is 2. The van der Waals surface area contributed by atoms with Crippen LogP contribution in [0.2, 0.25) is 0 Å². The minimum Gasteiger partial charge on any atom is -0.363 e. The summed E-state index contributed by atoms with van der Waals surface area (Å²) in [7, 11) is 0. The molecule has 0 fully saturated rings. The Morgan fingerprint density at radius 1 is 1.56 bits per heavy atom. The molecule has 6 nitrogen and oxygen atoms in total. The van der Waals surface area contributed by atoms with Crippen LogP contribution in [0, 0.1) is 27.4 Å². The lowest BCUT2D eigenvalue weighted by atomic mass is 9.82. The number of primary amides is 1. The fourth-order valence-electron chi connectivity index (χ4n) is 1.83. The number of nitro groups is 1. The maximum absolute atomic E-state index is 11.6. The molecule has 0 radical (unpaired) electrons. The number of hydrogen-bond acceptors (Lipinski definition) is 4. The lowest BCUT2D eigenvalue weighted by Crippen LogP contribution is -2.48. The maximum Gasteiger partial charge on any atom is 0.324 e. The van der Waals surface area contributed by atoms with Crippen molar-refractivity contribution >= 4 is 5.91 Å². The molecule has 2 unspecified atom stereocenters. The monoisotopic (exact) mass is 247 g/mol. The first-order valence-corrected chi connectivity index (χ1v) is 5.34. The Morgan fingerprint density at radius 2 is 2.11 bits per heavy atom. The van der Waals surface area contributed by atoms with Gasteiger partial charge in [0.1, 0.15) is 0 Å². The van der Waals surface area contributed by atoms with Crippen molar-refractivity contribution in [3.63, 3.8) is 0 Å². The molecule has 0 spiro atoms. The van der Waals surface area contributed by atoms with E-state index in [9.17, 15) is 14.9 Å². The molecule has 0 aliphatic rings. The fraction of sp³-hybridized carbons (Fsp3) is 0.333. The van der Waals surface area contributed by atoms with Gasteiger partial charge in [-0.3, -0.25) is 14.9 Å². The summed E-state index contributed by atoms with van der Waals surface area (Å²) < 4.78 is 0. The third-order valence-electron chi connectivity index (χ3n) is 2.79. The van der Waals surface area contributed by atoms with E-state index in [-0.39, 0.29) is 12.0 Å². The van der Waals surface area contributed by atoms with Gasteiger partial charge in [0.15, 0.2) is 0 Å². The number of carbonyl (C=O) groups excluding carboxylic acids is 1. The van der Waals surface area contributed by atoms with Crippen molar-refractivity contribution in [1.29, 1.82) is 5.26 Å². The van der Waals surface area contributed by atoms with Gasteiger partial charge in [0.2, 0.25) is 0 Å². The number of nitriles is 1. The van der Waals surface area contributed by atoms with Crippen molar-refractivity contribution in [2.75, 3.05) is 0 Å². The van der Waals surface area contributed by atoms with Gasteiger partial charge in [-0.15, -0.1) is 0 Å². The van der Waals surface area contributed by atoms with Gasteiger partial charge < -0.3 is 5.73 Å². The molecule has 94 valence electrons. The summed E-state index contributed by atoms with van der Waals surface area (Å²) in [6.07, 6.45) is -0.240. The Bertz CT molecular complexity index is 479. The minimum atomic E-state index is -2.05. The molecule has 1 rings (SSSR count). The molecule has 2 N–H and O–H groups in total. The molecule has 0 aromatic heterocycles. The zero-order valence-electron chi connectivity index (χ0n) is 9.87. The van der Waals surface area contributed by atoms with Crippen molar-refractivity contribution in [3.8, 4) is 6.07 Å². The molecular weight excluding hydrogens is 234 g/mol. The van der Waals surface area contributed by atoms with Crippen molar-refractivity contribution in [2.45, 2.75) is 18.9 Å². The fourth-order valence-corrected chi connectivity index (χ4v) is 1.83. The van der Waals surface area contributed by atoms with Gasteiger partial charge >= 0.3 is 5.54 Å². The Hall–Kier alpha value is -2.42. The van der Waals surface area contributed by atoms with Crippen LogP contribution in [0.1, 0.15) is 18.9 Å². The molecule has 2 atom stereocenters. The number of benzene rings is 1. The Kier molecular flexibility index (Phi) is 4.00. The van der Waals surface area contributed by atoms with Crippen LogP contribution in [0.5, 0.6) is 0 Å². The molecule has 0 saturated carbocycles. The second-order valence-electron chi connectivity index (χ2n) is 4.08. The Balaban J connectivity index is 3.37. The molecule has 0 saturated heterocycles. The predicted octanol–water partition coefficient (Wildman–Crippen LogP) is 1.19. The maximum atomic E-state index is 11.6. The molecular formula is C12H13N3O3. The first-order chi connectivity index (χ1) is 8.45. The minimum absolute atomic E-state index is 0.199. The smallest absolute Gasteiger partial charge is 0.324 e. The number of amides is 1. The highest BCUT2D eigenvalue weighted by Gasteiger charge is 2.52. The van der Waals surface area contributed by atoms with Crippen LogP contribution < -0.4 is 5.73 Å². The standard InChI is InChI=1S/C12H13N3O3/c1-9(8-13)7-12(11(14)16,15(17)18)10-5-3-2-4-6-10/h2-6,9H,7H2,1H3,(H2,14,16). The molecule has 0 bridgehead atoms. The quantitative estimate of drug-likeness (QED) is 0.622. The van der Waals surface area contributed by atoms with E-state index < -0.39 is 22.3 Å². The number of carbonyl (C=O) groups is 1. The number of hydrogen-bond donors (Lipinski definition) is 1. The van der Waals surface area contributed by atoms with Crippen molar-refractivity contribution in [1.82, 2.24) is 0 Å². The van der Waals surface area contributed by atoms with Crippen LogP contribution in [-0.4, -0.2) is 10.8 Å². The average molecular weight is 247 g/mol. The van der Waals surface area contributed by atoms with Crippen LogP contribution in [0.3, 0.4) is 0 Å². The highest BCUT2D eigenvalue weighted by molar-refractivity contribution is 5.84. The second kappa shape index (κ2) is 5.27. The molecule has 0 heterocycles. The first kappa shape index (κ1) is 13.6. The van der Waals surface area contributed by atoms with Gasteiger partial charge in [0, 0.05) is 16.9 Å². The Morgan fingerprint density at radius 3 is 2.50 bits per heavy atom. The van der Waals surface area contributed by atoms with Crippen LogP contribution in [0.15, 0.2) is 30.3 Å². The van der Waals surface area contributed by atoms with Crippen LogP contribution in [0.4, 0.5) is 0 Å². The number of nitrogens with two attached hydrogens (primary N) is 1. The lowest BCUT2D eigenvalue weighted by molar-refractivity contribution is -0.563. The summed E-state index contributed by atoms with van der Waals surface area (Å²) in [5.74, 6) is -1.70. The van der Waals surface area contributed by atoms with E-state index in [4.69, 9.17) is 11.0 Å². The largest absolute Gasteiger partial charge is 0.363 e. The second-order valence-corrected chi connectivity index (χ2v) is 4.08. The van der Waals surface area contributed by atoms with E-state index in [1.165, 1.54) is 19.1 Å². The highest BCUT2D eigenvalue weighted by Crippen LogP contribution is 2.31. The van der Waals surface area contributed by atoms with E-state index in [0.29, 0.717) is 0 Å². The van der Waals surface area contributed by atoms with E-state index in [1.54, 1.807) is 18.2 Å². The SMILES string of the molecule is CC(C#N)CC(C(N)=O)(c1ccccc1)[N+](=O)[O-]. The third-order valence-corrected chi connectivity index (χ3v) is 2.79. The summed E-state index contributed by atoms with van der Waals surface area (Å²) >= 11 is 0. The van der Waals surface area contributed by atoms with Gasteiger partial charge in [0.25, 0.3) is 5.91 Å². The molecule has 1 aromatic carbocycles. The van der Waals surface area contributed by atoms with Gasteiger partial charge in [-0.25, -0.2) is 0 Å². The van der Waals surface area contributed by atoms with Crippen molar-refractivity contribution < 1.29 is 9.72 Å². The van der Waals surface area contributed by atoms with Crippen LogP contribution in [0.25, 0.3) is 0 Å². The van der Waals surface area contributed by atoms with E-state index in [2.05, 4.69) is 0 Å². The molecule has 18 heavy (non-hydrogen) atoms. The summed E-state index contributed by atoms with van der Waals surface area (Å²) in [5, 5.41) is 20.1. The summed E-state index contributed by atoms with van der Waals surface area (Å²) in [6.45, 7) is 1.52. The van der Waals surface area contributed by atoms with Gasteiger partial charge in [-0.2, -0.15) is 5.26 Å². The van der Waals surface area contributed by atoms with E-state index >= 15 is 0 Å². The lowest BCUT2D eigenvalue weighted by Gasteiger charge is -2.23. The topological polar surface area (TPSA) is 110 Å². The summed E-state index contributed by atoms with van der Waals surface area (Å²) in [6, 6.07) is 9.69. The van der Waals surface area contributed by atoms with E-state index in [0.717, 1.165) is 0 Å². The zero-order chi connectivity index (χ0) is 13.8. The molecule has 1 aromatic rings. The predicted molar refractivity (Wildman–Crippen MR) is 63.7 cm³/mol. The van der Waals surface area contributed by atoms with Crippen LogP contribution in [-0.2, 0) is 10.3 Å². The zero-order valence-corrected chi connectivity index (χ0v) is 9.87. The molecule has 0 aliphatic heterocycles. The molecule has 1 amide bonds. The van der Waals surface area contributed by atoms with Gasteiger partial charge in [0.05, 0.1) is 12.0 Å².